The maximum Gasteiger partial charge on any atom is 0.242 e. The zero-order valence-electron chi connectivity index (χ0n) is 11.3. The summed E-state index contributed by atoms with van der Waals surface area (Å²) in [5.74, 6) is 0. The first-order valence-electron chi connectivity index (χ1n) is 6.29. The third-order valence-electron chi connectivity index (χ3n) is 2.70. The number of hydrogen-bond acceptors (Lipinski definition) is 5. The Morgan fingerprint density at radius 1 is 1.35 bits per heavy atom. The second kappa shape index (κ2) is 6.34. The molecule has 0 saturated carbocycles. The molecule has 0 spiro atoms. The number of anilines is 1. The molecule has 1 unspecified atom stereocenters. The number of nitrogens with one attached hydrogen (secondary N) is 2. The van der Waals surface area contributed by atoms with Crippen molar-refractivity contribution in [2.45, 2.75) is 24.8 Å². The molecule has 20 heavy (non-hydrogen) atoms. The van der Waals surface area contributed by atoms with Gasteiger partial charge in [-0.2, -0.15) is 0 Å². The highest BCUT2D eigenvalue weighted by Gasteiger charge is 2.18. The molecule has 1 heterocycles. The Bertz CT molecular complexity index is 654. The van der Waals surface area contributed by atoms with Gasteiger partial charge >= 0.3 is 0 Å². The molecule has 0 aliphatic carbocycles. The average molecular weight is 311 g/mol. The van der Waals surface area contributed by atoms with Gasteiger partial charge in [0.05, 0.1) is 11.7 Å². The van der Waals surface area contributed by atoms with E-state index < -0.39 is 10.0 Å². The van der Waals surface area contributed by atoms with E-state index in [1.165, 1.54) is 11.3 Å². The average Bonchev–Trinajstić information content (AvgIpc) is 2.93. The zero-order chi connectivity index (χ0) is 14.6. The number of rotatable bonds is 6. The Labute approximate surface area is 123 Å². The molecule has 5 nitrogen and oxygen atoms in total. The fraction of sp³-hybridized carbons (Fsp3) is 0.308. The standard InChI is InChI=1S/C13H17N3O2S2/c1-3-15-20(17,18)12-7-5-4-6-11(12)16-10(2)13-14-8-9-19-13/h4-10,15-16H,3H2,1-2H3. The van der Waals surface area contributed by atoms with Crippen LogP contribution in [0.4, 0.5) is 5.69 Å². The molecule has 2 aromatic rings. The van der Waals surface area contributed by atoms with Crippen LogP contribution in [0.2, 0.25) is 0 Å². The maximum atomic E-state index is 12.2. The summed E-state index contributed by atoms with van der Waals surface area (Å²) in [6.07, 6.45) is 1.74. The van der Waals surface area contributed by atoms with Crippen LogP contribution in [-0.4, -0.2) is 19.9 Å². The molecular formula is C13H17N3O2S2. The highest BCUT2D eigenvalue weighted by Crippen LogP contribution is 2.26. The van der Waals surface area contributed by atoms with Gasteiger partial charge in [0.15, 0.2) is 0 Å². The van der Waals surface area contributed by atoms with Gasteiger partial charge in [0.1, 0.15) is 9.90 Å². The quantitative estimate of drug-likeness (QED) is 0.860. The predicted molar refractivity (Wildman–Crippen MR) is 81.5 cm³/mol. The highest BCUT2D eigenvalue weighted by molar-refractivity contribution is 7.89. The normalized spacial score (nSPS) is 13.1. The summed E-state index contributed by atoms with van der Waals surface area (Å²) < 4.78 is 26.8. The number of benzene rings is 1. The van der Waals surface area contributed by atoms with Crippen molar-refractivity contribution in [3.63, 3.8) is 0 Å². The number of aromatic nitrogens is 1. The minimum absolute atomic E-state index is 0.0482. The fourth-order valence-electron chi connectivity index (χ4n) is 1.83. The van der Waals surface area contributed by atoms with Crippen LogP contribution in [0.5, 0.6) is 0 Å². The lowest BCUT2D eigenvalue weighted by atomic mass is 10.2. The van der Waals surface area contributed by atoms with Gasteiger partial charge in [-0.25, -0.2) is 18.1 Å². The van der Waals surface area contributed by atoms with Crippen LogP contribution in [0.15, 0.2) is 40.7 Å². The lowest BCUT2D eigenvalue weighted by molar-refractivity contribution is 0.584. The summed E-state index contributed by atoms with van der Waals surface area (Å²) in [7, 11) is -3.48. The van der Waals surface area contributed by atoms with Crippen molar-refractivity contribution in [3.05, 3.63) is 40.8 Å². The molecule has 0 aliphatic heterocycles. The van der Waals surface area contributed by atoms with E-state index in [-0.39, 0.29) is 10.9 Å². The third kappa shape index (κ3) is 3.36. The number of nitrogens with zero attached hydrogens (tertiary/aromatic N) is 1. The summed E-state index contributed by atoms with van der Waals surface area (Å²) in [6.45, 7) is 4.07. The molecule has 0 saturated heterocycles. The van der Waals surface area contributed by atoms with Gasteiger partial charge in [0.25, 0.3) is 0 Å². The molecule has 2 N–H and O–H groups in total. The summed E-state index contributed by atoms with van der Waals surface area (Å²) in [5, 5.41) is 6.02. The molecule has 0 radical (unpaired) electrons. The SMILES string of the molecule is CCNS(=O)(=O)c1ccccc1NC(C)c1nccs1. The number of hydrogen-bond donors (Lipinski definition) is 2. The highest BCUT2D eigenvalue weighted by atomic mass is 32.2. The van der Waals surface area contributed by atoms with Crippen LogP contribution >= 0.6 is 11.3 Å². The van der Waals surface area contributed by atoms with Crippen LogP contribution in [0.3, 0.4) is 0 Å². The topological polar surface area (TPSA) is 71.1 Å². The molecule has 2 rings (SSSR count). The van der Waals surface area contributed by atoms with E-state index in [9.17, 15) is 8.42 Å². The zero-order valence-corrected chi connectivity index (χ0v) is 13.0. The third-order valence-corrected chi connectivity index (χ3v) is 5.27. The van der Waals surface area contributed by atoms with Crippen LogP contribution < -0.4 is 10.0 Å². The molecular weight excluding hydrogens is 294 g/mol. The van der Waals surface area contributed by atoms with E-state index in [1.54, 1.807) is 31.3 Å². The summed E-state index contributed by atoms with van der Waals surface area (Å²) in [5.41, 5.74) is 0.580. The van der Waals surface area contributed by atoms with E-state index in [1.807, 2.05) is 18.4 Å². The van der Waals surface area contributed by atoms with E-state index in [0.717, 1.165) is 5.01 Å². The van der Waals surface area contributed by atoms with Gasteiger partial charge in [-0.3, -0.25) is 0 Å². The van der Waals surface area contributed by atoms with E-state index >= 15 is 0 Å². The molecule has 0 bridgehead atoms. The first kappa shape index (κ1) is 15.0. The summed E-state index contributed by atoms with van der Waals surface area (Å²) in [6, 6.07) is 6.82. The first-order valence-corrected chi connectivity index (χ1v) is 8.65. The molecule has 108 valence electrons. The van der Waals surface area contributed by atoms with Gasteiger partial charge in [-0.1, -0.05) is 19.1 Å². The molecule has 1 aromatic carbocycles. The number of para-hydroxylation sites is 1. The van der Waals surface area contributed by atoms with Crippen LogP contribution in [0.1, 0.15) is 24.9 Å². The van der Waals surface area contributed by atoms with Crippen LogP contribution in [0, 0.1) is 0 Å². The van der Waals surface area contributed by atoms with E-state index in [2.05, 4.69) is 15.0 Å². The van der Waals surface area contributed by atoms with Gasteiger partial charge in [0.2, 0.25) is 10.0 Å². The van der Waals surface area contributed by atoms with Crippen molar-refractivity contribution < 1.29 is 8.42 Å². The number of sulfonamides is 1. The predicted octanol–water partition coefficient (Wildman–Crippen LogP) is 2.61. The second-order valence-corrected chi connectivity index (χ2v) is 6.90. The second-order valence-electron chi connectivity index (χ2n) is 4.23. The molecule has 7 heteroatoms. The summed E-state index contributed by atoms with van der Waals surface area (Å²) >= 11 is 1.54. The molecule has 0 amide bonds. The Kier molecular flexibility index (Phi) is 4.74. The summed E-state index contributed by atoms with van der Waals surface area (Å²) in [4.78, 5) is 4.49. The van der Waals surface area contributed by atoms with Crippen molar-refractivity contribution in [2.75, 3.05) is 11.9 Å². The fourth-order valence-corrected chi connectivity index (χ4v) is 3.69. The van der Waals surface area contributed by atoms with Crippen LogP contribution in [0.25, 0.3) is 0 Å². The van der Waals surface area contributed by atoms with Gasteiger partial charge in [-0.05, 0) is 19.1 Å². The Morgan fingerprint density at radius 3 is 2.75 bits per heavy atom. The van der Waals surface area contributed by atoms with E-state index in [0.29, 0.717) is 12.2 Å². The van der Waals surface area contributed by atoms with Gasteiger partial charge < -0.3 is 5.32 Å². The van der Waals surface area contributed by atoms with Crippen molar-refractivity contribution in [3.8, 4) is 0 Å². The maximum absolute atomic E-state index is 12.2. The minimum atomic E-state index is -3.48. The van der Waals surface area contributed by atoms with Crippen molar-refractivity contribution >= 4 is 27.0 Å². The van der Waals surface area contributed by atoms with Crippen molar-refractivity contribution in [1.82, 2.24) is 9.71 Å². The lowest BCUT2D eigenvalue weighted by Gasteiger charge is -2.16. The van der Waals surface area contributed by atoms with Gasteiger partial charge in [-0.15, -0.1) is 11.3 Å². The monoisotopic (exact) mass is 311 g/mol. The molecule has 0 aliphatic rings. The van der Waals surface area contributed by atoms with E-state index in [4.69, 9.17) is 0 Å². The Hall–Kier alpha value is -1.44. The largest absolute Gasteiger partial charge is 0.375 e. The minimum Gasteiger partial charge on any atom is -0.375 e. The van der Waals surface area contributed by atoms with Crippen molar-refractivity contribution in [2.24, 2.45) is 0 Å². The first-order chi connectivity index (χ1) is 9.54. The Morgan fingerprint density at radius 2 is 2.10 bits per heavy atom. The van der Waals surface area contributed by atoms with Crippen molar-refractivity contribution in [1.29, 1.82) is 0 Å². The molecule has 1 atom stereocenters. The smallest absolute Gasteiger partial charge is 0.242 e. The van der Waals surface area contributed by atoms with Gasteiger partial charge in [0, 0.05) is 18.1 Å². The lowest BCUT2D eigenvalue weighted by Crippen LogP contribution is -2.24. The Balaban J connectivity index is 2.29. The molecule has 1 aromatic heterocycles. The molecule has 0 fully saturated rings. The number of thiazole rings is 1. The van der Waals surface area contributed by atoms with Crippen LogP contribution in [-0.2, 0) is 10.0 Å².